The molecule has 0 aromatic heterocycles. The van der Waals surface area contributed by atoms with Gasteiger partial charge >= 0.3 is 6.06 Å². The Kier molecular flexibility index (Phi) is 6.05. The number of hydrogen-bond donors (Lipinski definition) is 0. The highest BCUT2D eigenvalue weighted by Crippen LogP contribution is 2.32. The van der Waals surface area contributed by atoms with Crippen molar-refractivity contribution in [1.29, 1.82) is 0 Å². The molecular formula is C9H21IO2Si. The summed E-state index contributed by atoms with van der Waals surface area (Å²) in [6, 6.07) is -1.98. The van der Waals surface area contributed by atoms with Crippen LogP contribution in [0.4, 0.5) is 0 Å². The van der Waals surface area contributed by atoms with Crippen molar-refractivity contribution in [2.24, 2.45) is 0 Å². The van der Waals surface area contributed by atoms with Crippen LogP contribution in [0.2, 0.25) is 5.54 Å². The van der Waals surface area contributed by atoms with Gasteiger partial charge in [0.05, 0.1) is 0 Å². The summed E-state index contributed by atoms with van der Waals surface area (Å²) in [6.45, 7) is 12.6. The molecule has 0 rings (SSSR count). The molecular weight excluding hydrogens is 295 g/mol. The predicted octanol–water partition coefficient (Wildman–Crippen LogP) is 3.62. The smallest absolute Gasteiger partial charge is 0.384 e. The quantitative estimate of drug-likeness (QED) is 0.438. The highest BCUT2D eigenvalue weighted by atomic mass is 127. The van der Waals surface area contributed by atoms with Gasteiger partial charge in [-0.15, -0.1) is 0 Å². The van der Waals surface area contributed by atoms with Crippen LogP contribution in [0.25, 0.3) is 0 Å². The lowest BCUT2D eigenvalue weighted by Crippen LogP contribution is -2.42. The molecule has 13 heavy (non-hydrogen) atoms. The second kappa shape index (κ2) is 5.68. The van der Waals surface area contributed by atoms with Crippen LogP contribution in [-0.4, -0.2) is 18.3 Å². The zero-order chi connectivity index (χ0) is 10.6. The van der Waals surface area contributed by atoms with E-state index in [4.69, 9.17) is 8.85 Å². The maximum atomic E-state index is 5.91. The summed E-state index contributed by atoms with van der Waals surface area (Å²) >= 11 is 2.39. The largest absolute Gasteiger partial charge is 0.410 e. The topological polar surface area (TPSA) is 18.5 Å². The van der Waals surface area contributed by atoms with Gasteiger partial charge in [-0.3, -0.25) is 0 Å². The molecule has 0 aliphatic carbocycles. The number of rotatable bonds is 5. The fourth-order valence-electron chi connectivity index (χ4n) is 0.943. The Bertz CT molecular complexity index is 139. The molecule has 0 aromatic rings. The van der Waals surface area contributed by atoms with Crippen LogP contribution < -0.4 is 0 Å². The van der Waals surface area contributed by atoms with Crippen molar-refractivity contribution in [2.45, 2.75) is 59.3 Å². The Hall–Kier alpha value is 0.867. The molecule has 0 saturated heterocycles. The van der Waals surface area contributed by atoms with E-state index in [2.05, 4.69) is 63.3 Å². The van der Waals surface area contributed by atoms with Gasteiger partial charge in [0.15, 0.2) is 0 Å². The summed E-state index contributed by atoms with van der Waals surface area (Å²) in [6.07, 6.45) is 0.509. The average molecular weight is 316 g/mol. The lowest BCUT2D eigenvalue weighted by molar-refractivity contribution is 0.121. The Balaban J connectivity index is 4.34. The lowest BCUT2D eigenvalue weighted by Gasteiger charge is -2.32. The van der Waals surface area contributed by atoms with E-state index in [0.717, 1.165) is 0 Å². The molecule has 80 valence electrons. The molecule has 0 amide bonds. The third-order valence-corrected chi connectivity index (χ3v) is 9.71. The van der Waals surface area contributed by atoms with Gasteiger partial charge in [0, 0.05) is 17.7 Å². The first-order chi connectivity index (χ1) is 5.78. The zero-order valence-corrected chi connectivity index (χ0v) is 12.6. The minimum absolute atomic E-state index is 0.254. The molecule has 0 heterocycles. The minimum Gasteiger partial charge on any atom is -0.384 e. The maximum Gasteiger partial charge on any atom is 0.410 e. The highest BCUT2D eigenvalue weighted by molar-refractivity contribution is 14.1. The van der Waals surface area contributed by atoms with Crippen LogP contribution in [0.5, 0.6) is 0 Å². The SMILES string of the molecule is CC(C)O[Si](I)(OC(C)C)C(C)C. The van der Waals surface area contributed by atoms with Gasteiger partial charge in [-0.05, 0) is 49.5 Å². The molecule has 0 N–H and O–H groups in total. The van der Waals surface area contributed by atoms with Crippen LogP contribution >= 0.6 is 21.8 Å². The lowest BCUT2D eigenvalue weighted by atomic mass is 10.5. The minimum atomic E-state index is -1.98. The molecule has 0 aromatic carbocycles. The summed E-state index contributed by atoms with van der Waals surface area (Å²) in [7, 11) is 0. The van der Waals surface area contributed by atoms with Crippen molar-refractivity contribution >= 4 is 27.9 Å². The highest BCUT2D eigenvalue weighted by Gasteiger charge is 2.40. The summed E-state index contributed by atoms with van der Waals surface area (Å²) in [5.41, 5.74) is 0.484. The van der Waals surface area contributed by atoms with Crippen molar-refractivity contribution in [1.82, 2.24) is 0 Å². The van der Waals surface area contributed by atoms with Crippen molar-refractivity contribution in [3.63, 3.8) is 0 Å². The molecule has 0 aliphatic heterocycles. The molecule has 0 spiro atoms. The monoisotopic (exact) mass is 316 g/mol. The van der Waals surface area contributed by atoms with Crippen molar-refractivity contribution in [3.8, 4) is 0 Å². The summed E-state index contributed by atoms with van der Waals surface area (Å²) in [5.74, 6) is 0. The standard InChI is InChI=1S/C9H21IO2Si/c1-7(2)11-13(10,9(5)6)12-8(3)4/h7-9H,1-6H3. The molecule has 0 saturated carbocycles. The molecule has 0 aliphatic rings. The van der Waals surface area contributed by atoms with Crippen molar-refractivity contribution < 1.29 is 8.85 Å². The van der Waals surface area contributed by atoms with Crippen LogP contribution in [-0.2, 0) is 8.85 Å². The number of hydrogen-bond acceptors (Lipinski definition) is 2. The summed E-state index contributed by atoms with van der Waals surface area (Å²) in [4.78, 5) is 0. The summed E-state index contributed by atoms with van der Waals surface area (Å²) < 4.78 is 11.8. The van der Waals surface area contributed by atoms with Gasteiger partial charge in [0.2, 0.25) is 0 Å². The van der Waals surface area contributed by atoms with E-state index in [1.165, 1.54) is 0 Å². The molecule has 4 heteroatoms. The van der Waals surface area contributed by atoms with Gasteiger partial charge < -0.3 is 8.85 Å². The third-order valence-electron chi connectivity index (χ3n) is 1.48. The second-order valence-electron chi connectivity index (χ2n) is 4.07. The van der Waals surface area contributed by atoms with Crippen LogP contribution in [0, 0.1) is 0 Å². The van der Waals surface area contributed by atoms with E-state index in [0.29, 0.717) is 5.54 Å². The van der Waals surface area contributed by atoms with Gasteiger partial charge in [0.25, 0.3) is 0 Å². The second-order valence-corrected chi connectivity index (χ2v) is 11.4. The molecule has 0 fully saturated rings. The van der Waals surface area contributed by atoms with Gasteiger partial charge in [-0.2, -0.15) is 0 Å². The van der Waals surface area contributed by atoms with E-state index in [1.54, 1.807) is 0 Å². The van der Waals surface area contributed by atoms with E-state index < -0.39 is 6.06 Å². The first kappa shape index (κ1) is 13.9. The molecule has 0 unspecified atom stereocenters. The first-order valence-electron chi connectivity index (χ1n) is 4.82. The predicted molar refractivity (Wildman–Crippen MR) is 67.3 cm³/mol. The van der Waals surface area contributed by atoms with Crippen LogP contribution in [0.3, 0.4) is 0 Å². The fourth-order valence-corrected chi connectivity index (χ4v) is 5.88. The molecule has 0 bridgehead atoms. The Morgan fingerprint density at radius 1 is 0.846 bits per heavy atom. The zero-order valence-electron chi connectivity index (χ0n) is 9.43. The maximum absolute atomic E-state index is 5.91. The molecule has 0 atom stereocenters. The summed E-state index contributed by atoms with van der Waals surface area (Å²) in [5, 5.41) is 0. The van der Waals surface area contributed by atoms with E-state index in [1.807, 2.05) is 0 Å². The number of halogens is 1. The van der Waals surface area contributed by atoms with E-state index in [9.17, 15) is 0 Å². The Morgan fingerprint density at radius 2 is 1.15 bits per heavy atom. The molecule has 2 nitrogen and oxygen atoms in total. The molecule has 0 radical (unpaired) electrons. The van der Waals surface area contributed by atoms with Gasteiger partial charge in [-0.1, -0.05) is 13.8 Å². The average Bonchev–Trinajstić information content (AvgIpc) is 1.82. The van der Waals surface area contributed by atoms with Crippen molar-refractivity contribution in [2.75, 3.05) is 0 Å². The third kappa shape index (κ3) is 5.34. The van der Waals surface area contributed by atoms with Gasteiger partial charge in [-0.25, -0.2) is 0 Å². The van der Waals surface area contributed by atoms with E-state index >= 15 is 0 Å². The van der Waals surface area contributed by atoms with Gasteiger partial charge in [0.1, 0.15) is 0 Å². The normalized spacial score (nSPS) is 13.4. The Labute approximate surface area is 95.8 Å². The fraction of sp³-hybridized carbons (Fsp3) is 1.00. The Morgan fingerprint density at radius 3 is 1.31 bits per heavy atom. The van der Waals surface area contributed by atoms with Crippen molar-refractivity contribution in [3.05, 3.63) is 0 Å². The van der Waals surface area contributed by atoms with Crippen LogP contribution in [0.15, 0.2) is 0 Å². The van der Waals surface area contributed by atoms with E-state index in [-0.39, 0.29) is 12.2 Å². The first-order valence-corrected chi connectivity index (χ1v) is 9.83. The van der Waals surface area contributed by atoms with Crippen LogP contribution in [0.1, 0.15) is 41.5 Å².